The maximum Gasteiger partial charge on any atom is 0.290 e. The maximum absolute atomic E-state index is 12.9. The van der Waals surface area contributed by atoms with E-state index in [1.54, 1.807) is 12.1 Å². The van der Waals surface area contributed by atoms with Crippen LogP contribution in [-0.4, -0.2) is 64.9 Å². The lowest BCUT2D eigenvalue weighted by atomic mass is 10.2. The molecule has 1 amide bonds. The highest BCUT2D eigenvalue weighted by Gasteiger charge is 2.22. The van der Waals surface area contributed by atoms with Gasteiger partial charge in [0.05, 0.1) is 28.7 Å². The van der Waals surface area contributed by atoms with Crippen LogP contribution in [0.15, 0.2) is 34.7 Å². The number of carbonyl (C=O) groups excluding carboxylic acids is 1. The van der Waals surface area contributed by atoms with E-state index < -0.39 is 8.07 Å². The highest BCUT2D eigenvalue weighted by atomic mass is 28.3. The first-order chi connectivity index (χ1) is 18.1. The molecule has 10 nitrogen and oxygen atoms in total. The molecule has 3 rings (SSSR count). The second kappa shape index (κ2) is 12.8. The van der Waals surface area contributed by atoms with Gasteiger partial charge in [-0.05, 0) is 38.6 Å². The molecule has 206 valence electrons. The van der Waals surface area contributed by atoms with Crippen molar-refractivity contribution in [3.63, 3.8) is 0 Å². The molecule has 0 spiro atoms. The van der Waals surface area contributed by atoms with Gasteiger partial charge in [0, 0.05) is 25.7 Å². The van der Waals surface area contributed by atoms with Crippen LogP contribution in [0.2, 0.25) is 19.6 Å². The fourth-order valence-corrected chi connectivity index (χ4v) is 4.88. The van der Waals surface area contributed by atoms with Crippen molar-refractivity contribution < 1.29 is 23.4 Å². The zero-order chi connectivity index (χ0) is 27.9. The van der Waals surface area contributed by atoms with Gasteiger partial charge in [0.15, 0.2) is 5.69 Å². The van der Waals surface area contributed by atoms with E-state index in [1.165, 1.54) is 19.4 Å². The predicted octanol–water partition coefficient (Wildman–Crippen LogP) is 3.96. The summed E-state index contributed by atoms with van der Waals surface area (Å²) >= 11 is 0. The van der Waals surface area contributed by atoms with Crippen LogP contribution in [0.5, 0.6) is 23.5 Å². The van der Waals surface area contributed by atoms with Crippen molar-refractivity contribution in [3.05, 3.63) is 41.7 Å². The molecule has 0 saturated carbocycles. The highest BCUT2D eigenvalue weighted by Crippen LogP contribution is 2.34. The Morgan fingerprint density at radius 1 is 1.08 bits per heavy atom. The van der Waals surface area contributed by atoms with E-state index in [9.17, 15) is 4.79 Å². The van der Waals surface area contributed by atoms with Crippen molar-refractivity contribution in [2.24, 2.45) is 0 Å². The number of benzene rings is 1. The summed E-state index contributed by atoms with van der Waals surface area (Å²) in [5.41, 5.74) is 1.27. The summed E-state index contributed by atoms with van der Waals surface area (Å²) < 4.78 is 22.8. The van der Waals surface area contributed by atoms with Gasteiger partial charge in [0.2, 0.25) is 23.6 Å². The number of nitrogens with zero attached hydrogens (tertiary/aromatic N) is 3. The molecule has 11 heteroatoms. The van der Waals surface area contributed by atoms with E-state index in [4.69, 9.17) is 18.6 Å². The van der Waals surface area contributed by atoms with E-state index in [2.05, 4.69) is 58.4 Å². The smallest absolute Gasteiger partial charge is 0.290 e. The van der Waals surface area contributed by atoms with Crippen molar-refractivity contribution in [1.82, 2.24) is 15.3 Å². The molecule has 3 aromatic rings. The van der Waals surface area contributed by atoms with Crippen LogP contribution in [0.4, 0.5) is 11.6 Å². The van der Waals surface area contributed by atoms with Gasteiger partial charge in [0.1, 0.15) is 11.5 Å². The Morgan fingerprint density at radius 2 is 1.76 bits per heavy atom. The highest BCUT2D eigenvalue weighted by molar-refractivity contribution is 6.88. The van der Waals surface area contributed by atoms with Gasteiger partial charge in [-0.1, -0.05) is 37.0 Å². The standard InChI is InChI=1S/C27H39N5O5Si/c1-9-32(15-14-28-3)27-30-25(34-4)24(26(31-27)35-5)29-22(33)16-19-11-13-23(36-19)37-21-17-20(38(6,7)8)12-10-18(21)2/h10-13,17,28H,9,14-16H2,1-8H3,(H,29,33). The topological polar surface area (TPSA) is 111 Å². The molecule has 0 atom stereocenters. The number of ether oxygens (including phenoxy) is 3. The molecule has 0 aliphatic rings. The number of nitrogens with one attached hydrogen (secondary N) is 2. The number of rotatable bonds is 13. The Balaban J connectivity index is 1.74. The quantitative estimate of drug-likeness (QED) is 0.311. The summed E-state index contributed by atoms with van der Waals surface area (Å²) in [6.07, 6.45) is -0.0192. The Hall–Kier alpha value is -3.57. The number of furan rings is 1. The molecule has 0 unspecified atom stereocenters. The average molecular weight is 542 g/mol. The van der Waals surface area contributed by atoms with Gasteiger partial charge in [-0.3, -0.25) is 4.79 Å². The van der Waals surface area contributed by atoms with Gasteiger partial charge in [-0.15, -0.1) is 0 Å². The van der Waals surface area contributed by atoms with Gasteiger partial charge < -0.3 is 34.2 Å². The van der Waals surface area contributed by atoms with E-state index in [0.29, 0.717) is 30.7 Å². The third-order valence-corrected chi connectivity index (χ3v) is 8.06. The Morgan fingerprint density at radius 3 is 2.34 bits per heavy atom. The summed E-state index contributed by atoms with van der Waals surface area (Å²) in [5, 5.41) is 7.22. The fraction of sp³-hybridized carbons (Fsp3) is 0.444. The summed E-state index contributed by atoms with van der Waals surface area (Å²) in [7, 11) is 3.36. The molecule has 0 aliphatic heterocycles. The second-order valence-electron chi connectivity index (χ2n) is 9.88. The first-order valence-electron chi connectivity index (χ1n) is 12.7. The number of carbonyl (C=O) groups is 1. The first kappa shape index (κ1) is 29.0. The lowest BCUT2D eigenvalue weighted by Crippen LogP contribution is -2.37. The largest absolute Gasteiger partial charge is 0.479 e. The van der Waals surface area contributed by atoms with Crippen LogP contribution < -0.4 is 34.9 Å². The van der Waals surface area contributed by atoms with Crippen LogP contribution >= 0.6 is 0 Å². The normalized spacial score (nSPS) is 11.3. The molecular formula is C27H39N5O5Si. The number of aryl methyl sites for hydroxylation is 1. The van der Waals surface area contributed by atoms with Crippen LogP contribution in [0.1, 0.15) is 18.2 Å². The predicted molar refractivity (Wildman–Crippen MR) is 152 cm³/mol. The number of hydrogen-bond acceptors (Lipinski definition) is 9. The Bertz CT molecular complexity index is 1220. The number of aromatic nitrogens is 2. The van der Waals surface area contributed by atoms with Crippen LogP contribution in [0, 0.1) is 6.92 Å². The minimum atomic E-state index is -1.49. The summed E-state index contributed by atoms with van der Waals surface area (Å²) in [6, 6.07) is 9.74. The third kappa shape index (κ3) is 7.26. The second-order valence-corrected chi connectivity index (χ2v) is 15.0. The van der Waals surface area contributed by atoms with Gasteiger partial charge in [-0.2, -0.15) is 9.97 Å². The molecular weight excluding hydrogens is 502 g/mol. The monoisotopic (exact) mass is 541 g/mol. The fourth-order valence-electron chi connectivity index (χ4n) is 3.73. The minimum Gasteiger partial charge on any atom is -0.479 e. The van der Waals surface area contributed by atoms with Crippen LogP contribution in [0.25, 0.3) is 0 Å². The number of anilines is 2. The molecule has 0 fully saturated rings. The number of methoxy groups -OCH3 is 2. The van der Waals surface area contributed by atoms with Crippen molar-refractivity contribution in [2.75, 3.05) is 51.1 Å². The SMILES string of the molecule is CCN(CCNC)c1nc(OC)c(NC(=O)Cc2ccc(Oc3cc([Si](C)(C)C)ccc3C)o2)c(OC)n1. The van der Waals surface area contributed by atoms with E-state index in [0.717, 1.165) is 17.9 Å². The van der Waals surface area contributed by atoms with E-state index in [-0.39, 0.29) is 29.8 Å². The molecule has 2 aromatic heterocycles. The van der Waals surface area contributed by atoms with Crippen molar-refractivity contribution in [2.45, 2.75) is 39.9 Å². The lowest BCUT2D eigenvalue weighted by molar-refractivity contribution is -0.115. The maximum atomic E-state index is 12.9. The summed E-state index contributed by atoms with van der Waals surface area (Å²) in [4.78, 5) is 23.9. The molecule has 0 bridgehead atoms. The summed E-state index contributed by atoms with van der Waals surface area (Å²) in [6.45, 7) is 13.0. The van der Waals surface area contributed by atoms with E-state index >= 15 is 0 Å². The van der Waals surface area contributed by atoms with Crippen LogP contribution in [0.3, 0.4) is 0 Å². The zero-order valence-corrected chi connectivity index (χ0v) is 24.6. The molecule has 1 aromatic carbocycles. The first-order valence-corrected chi connectivity index (χ1v) is 16.2. The minimum absolute atomic E-state index is 0.0192. The molecule has 0 aliphatic carbocycles. The number of likely N-dealkylation sites (N-methyl/N-ethyl adjacent to an activating group) is 2. The van der Waals surface area contributed by atoms with Crippen molar-refractivity contribution in [1.29, 1.82) is 0 Å². The summed E-state index contributed by atoms with van der Waals surface area (Å²) in [5.74, 6) is 2.07. The van der Waals surface area contributed by atoms with Crippen molar-refractivity contribution >= 4 is 30.8 Å². The molecule has 38 heavy (non-hydrogen) atoms. The third-order valence-electron chi connectivity index (χ3n) is 6.01. The number of amides is 1. The average Bonchev–Trinajstić information content (AvgIpc) is 3.31. The van der Waals surface area contributed by atoms with E-state index in [1.807, 2.05) is 25.8 Å². The Labute approximate surface area is 225 Å². The molecule has 2 heterocycles. The van der Waals surface area contributed by atoms with Gasteiger partial charge in [0.25, 0.3) is 5.95 Å². The Kier molecular flexibility index (Phi) is 9.76. The lowest BCUT2D eigenvalue weighted by Gasteiger charge is -2.22. The number of hydrogen-bond donors (Lipinski definition) is 2. The molecule has 0 radical (unpaired) electrons. The van der Waals surface area contributed by atoms with Gasteiger partial charge >= 0.3 is 0 Å². The molecule has 0 saturated heterocycles. The van der Waals surface area contributed by atoms with Gasteiger partial charge in [-0.25, -0.2) is 0 Å². The molecule has 2 N–H and O–H groups in total. The zero-order valence-electron chi connectivity index (χ0n) is 23.6. The van der Waals surface area contributed by atoms with Crippen molar-refractivity contribution in [3.8, 4) is 23.5 Å². The van der Waals surface area contributed by atoms with Crippen LogP contribution in [-0.2, 0) is 11.2 Å².